The van der Waals surface area contributed by atoms with Crippen LogP contribution in [-0.2, 0) is 0 Å². The molecule has 0 unspecified atom stereocenters. The average Bonchev–Trinajstić information content (AvgIpc) is 2.48. The van der Waals surface area contributed by atoms with Crippen molar-refractivity contribution in [1.82, 2.24) is 10.2 Å². The third-order valence-electron chi connectivity index (χ3n) is 4.05. The van der Waals surface area contributed by atoms with E-state index in [0.717, 1.165) is 24.7 Å². The minimum Gasteiger partial charge on any atom is -0.313 e. The lowest BCUT2D eigenvalue weighted by Crippen LogP contribution is -2.35. The van der Waals surface area contributed by atoms with Gasteiger partial charge in [0.1, 0.15) is 0 Å². The molecule has 0 aliphatic heterocycles. The van der Waals surface area contributed by atoms with Gasteiger partial charge in [-0.3, -0.25) is 0 Å². The fourth-order valence-corrected chi connectivity index (χ4v) is 2.77. The standard InChI is InChI=1S/C18H32N2/c1-4-5-7-11-17(2)16-19-14-10-15-20(3)18-12-8-6-9-13-18/h4-5,7,11,18-19H,2,6,8-10,12-16H2,1,3H3/b5-4-,11-7-. The molecule has 1 rings (SSSR count). The van der Waals surface area contributed by atoms with Crippen LogP contribution in [0.15, 0.2) is 36.5 Å². The first-order chi connectivity index (χ1) is 9.74. The monoisotopic (exact) mass is 276 g/mol. The molecule has 20 heavy (non-hydrogen) atoms. The highest BCUT2D eigenvalue weighted by Crippen LogP contribution is 2.21. The molecule has 0 amide bonds. The molecule has 1 aliphatic rings. The van der Waals surface area contributed by atoms with Gasteiger partial charge in [-0.05, 0) is 51.9 Å². The molecule has 2 heteroatoms. The highest BCUT2D eigenvalue weighted by atomic mass is 15.1. The topological polar surface area (TPSA) is 15.3 Å². The Balaban J connectivity index is 2.02. The second kappa shape index (κ2) is 10.9. The zero-order chi connectivity index (χ0) is 14.6. The molecule has 2 nitrogen and oxygen atoms in total. The van der Waals surface area contributed by atoms with Crippen LogP contribution in [0.3, 0.4) is 0 Å². The van der Waals surface area contributed by atoms with Crippen LogP contribution >= 0.6 is 0 Å². The SMILES string of the molecule is C=C(/C=C\C=C/C)CNCCCN(C)C1CCCCC1. The maximum atomic E-state index is 4.04. The van der Waals surface area contributed by atoms with Crippen LogP contribution in [0.25, 0.3) is 0 Å². The minimum absolute atomic E-state index is 0.836. The lowest BCUT2D eigenvalue weighted by molar-refractivity contribution is 0.190. The van der Waals surface area contributed by atoms with E-state index < -0.39 is 0 Å². The first-order valence-corrected chi connectivity index (χ1v) is 8.12. The van der Waals surface area contributed by atoms with Crippen LogP contribution in [0.1, 0.15) is 45.4 Å². The molecular weight excluding hydrogens is 244 g/mol. The molecule has 0 aromatic heterocycles. The Morgan fingerprint density at radius 1 is 1.25 bits per heavy atom. The van der Waals surface area contributed by atoms with Gasteiger partial charge in [-0.2, -0.15) is 0 Å². The largest absolute Gasteiger partial charge is 0.313 e. The minimum atomic E-state index is 0.836. The second-order valence-electron chi connectivity index (χ2n) is 5.85. The second-order valence-corrected chi connectivity index (χ2v) is 5.85. The van der Waals surface area contributed by atoms with Gasteiger partial charge in [0, 0.05) is 12.6 Å². The van der Waals surface area contributed by atoms with Crippen LogP contribution < -0.4 is 5.32 Å². The predicted molar refractivity (Wildman–Crippen MR) is 90.1 cm³/mol. The van der Waals surface area contributed by atoms with E-state index in [1.165, 1.54) is 45.1 Å². The number of rotatable bonds is 9. The first-order valence-electron chi connectivity index (χ1n) is 8.12. The van der Waals surface area contributed by atoms with Gasteiger partial charge in [0.15, 0.2) is 0 Å². The van der Waals surface area contributed by atoms with Crippen molar-refractivity contribution in [2.75, 3.05) is 26.7 Å². The van der Waals surface area contributed by atoms with Crippen molar-refractivity contribution in [2.24, 2.45) is 0 Å². The molecule has 0 saturated heterocycles. The summed E-state index contributed by atoms with van der Waals surface area (Å²) < 4.78 is 0. The zero-order valence-corrected chi connectivity index (χ0v) is 13.4. The van der Waals surface area contributed by atoms with Crippen molar-refractivity contribution in [2.45, 2.75) is 51.5 Å². The lowest BCUT2D eigenvalue weighted by Gasteiger charge is -2.31. The third kappa shape index (κ3) is 7.66. The average molecular weight is 276 g/mol. The van der Waals surface area contributed by atoms with Gasteiger partial charge in [-0.25, -0.2) is 0 Å². The van der Waals surface area contributed by atoms with E-state index in [1.54, 1.807) is 0 Å². The van der Waals surface area contributed by atoms with E-state index in [2.05, 4.69) is 29.9 Å². The van der Waals surface area contributed by atoms with E-state index >= 15 is 0 Å². The molecule has 0 spiro atoms. The third-order valence-corrected chi connectivity index (χ3v) is 4.05. The fraction of sp³-hybridized carbons (Fsp3) is 0.667. The molecule has 114 valence electrons. The summed E-state index contributed by atoms with van der Waals surface area (Å²) in [5.74, 6) is 0. The highest BCUT2D eigenvalue weighted by Gasteiger charge is 2.16. The van der Waals surface area contributed by atoms with Gasteiger partial charge in [0.05, 0.1) is 0 Å². The number of hydrogen-bond acceptors (Lipinski definition) is 2. The Morgan fingerprint density at radius 2 is 2.00 bits per heavy atom. The lowest BCUT2D eigenvalue weighted by atomic mass is 9.94. The van der Waals surface area contributed by atoms with Gasteiger partial charge in [-0.1, -0.05) is 50.1 Å². The molecule has 1 N–H and O–H groups in total. The van der Waals surface area contributed by atoms with E-state index in [4.69, 9.17) is 0 Å². The van der Waals surface area contributed by atoms with Gasteiger partial charge in [0.2, 0.25) is 0 Å². The summed E-state index contributed by atoms with van der Waals surface area (Å²) in [5, 5.41) is 3.47. The Bertz CT molecular complexity index is 311. The maximum Gasteiger partial charge on any atom is 0.0199 e. The maximum absolute atomic E-state index is 4.04. The molecule has 0 radical (unpaired) electrons. The molecule has 0 heterocycles. The zero-order valence-electron chi connectivity index (χ0n) is 13.4. The van der Waals surface area contributed by atoms with Crippen molar-refractivity contribution in [1.29, 1.82) is 0 Å². The first kappa shape index (κ1) is 17.2. The number of nitrogens with zero attached hydrogens (tertiary/aromatic N) is 1. The van der Waals surface area contributed by atoms with Crippen LogP contribution in [0.2, 0.25) is 0 Å². The molecule has 0 bridgehead atoms. The van der Waals surface area contributed by atoms with Crippen molar-refractivity contribution < 1.29 is 0 Å². The van der Waals surface area contributed by atoms with Crippen molar-refractivity contribution in [3.63, 3.8) is 0 Å². The normalized spacial score (nSPS) is 17.6. The van der Waals surface area contributed by atoms with E-state index in [0.29, 0.717) is 0 Å². The summed E-state index contributed by atoms with van der Waals surface area (Å²) >= 11 is 0. The summed E-state index contributed by atoms with van der Waals surface area (Å²) in [4.78, 5) is 2.56. The van der Waals surface area contributed by atoms with Crippen LogP contribution in [0.5, 0.6) is 0 Å². The van der Waals surface area contributed by atoms with Crippen molar-refractivity contribution in [3.8, 4) is 0 Å². The number of nitrogens with one attached hydrogen (secondary N) is 1. The van der Waals surface area contributed by atoms with Gasteiger partial charge < -0.3 is 10.2 Å². The molecule has 1 aliphatic carbocycles. The van der Waals surface area contributed by atoms with Crippen molar-refractivity contribution in [3.05, 3.63) is 36.5 Å². The van der Waals surface area contributed by atoms with E-state index in [9.17, 15) is 0 Å². The molecular formula is C18H32N2. The van der Waals surface area contributed by atoms with Crippen LogP contribution in [-0.4, -0.2) is 37.6 Å². The molecule has 0 atom stereocenters. The Hall–Kier alpha value is -0.860. The fourth-order valence-electron chi connectivity index (χ4n) is 2.77. The molecule has 0 aromatic rings. The predicted octanol–water partition coefficient (Wildman–Crippen LogP) is 3.92. The Labute approximate surface area is 125 Å². The van der Waals surface area contributed by atoms with Gasteiger partial charge >= 0.3 is 0 Å². The molecule has 1 saturated carbocycles. The van der Waals surface area contributed by atoms with Crippen LogP contribution in [0.4, 0.5) is 0 Å². The molecule has 1 fully saturated rings. The Kier molecular flexibility index (Phi) is 9.35. The smallest absolute Gasteiger partial charge is 0.0199 e. The quantitative estimate of drug-likeness (QED) is 0.507. The van der Waals surface area contributed by atoms with Crippen molar-refractivity contribution >= 4 is 0 Å². The van der Waals surface area contributed by atoms with Crippen LogP contribution in [0, 0.1) is 0 Å². The number of allylic oxidation sites excluding steroid dienone is 3. The van der Waals surface area contributed by atoms with Gasteiger partial charge in [0.25, 0.3) is 0 Å². The van der Waals surface area contributed by atoms with Gasteiger partial charge in [-0.15, -0.1) is 0 Å². The molecule has 0 aromatic carbocycles. The number of hydrogen-bond donors (Lipinski definition) is 1. The summed E-state index contributed by atoms with van der Waals surface area (Å²) in [5.41, 5.74) is 1.14. The van der Waals surface area contributed by atoms with E-state index in [1.807, 2.05) is 25.2 Å². The summed E-state index contributed by atoms with van der Waals surface area (Å²) in [6.07, 6.45) is 16.5. The van der Waals surface area contributed by atoms with E-state index in [-0.39, 0.29) is 0 Å². The summed E-state index contributed by atoms with van der Waals surface area (Å²) in [7, 11) is 2.29. The summed E-state index contributed by atoms with van der Waals surface area (Å²) in [6.45, 7) is 9.23. The Morgan fingerprint density at radius 3 is 2.70 bits per heavy atom. The summed E-state index contributed by atoms with van der Waals surface area (Å²) in [6, 6.07) is 0.836. The highest BCUT2D eigenvalue weighted by molar-refractivity contribution is 5.20.